The second-order valence-electron chi connectivity index (χ2n) is 5.27. The van der Waals surface area contributed by atoms with E-state index >= 15 is 0 Å². The molecule has 1 atom stereocenters. The smallest absolute Gasteiger partial charge is 0.226 e. The third-order valence-corrected chi connectivity index (χ3v) is 4.20. The van der Waals surface area contributed by atoms with Gasteiger partial charge in [0.05, 0.1) is 0 Å². The van der Waals surface area contributed by atoms with Gasteiger partial charge in [0, 0.05) is 49.5 Å². The summed E-state index contributed by atoms with van der Waals surface area (Å²) in [7, 11) is 0. The molecule has 4 nitrogen and oxygen atoms in total. The molecule has 116 valence electrons. The van der Waals surface area contributed by atoms with Gasteiger partial charge in [0.15, 0.2) is 0 Å². The summed E-state index contributed by atoms with van der Waals surface area (Å²) < 4.78 is 0. The highest BCUT2D eigenvalue weighted by atomic mass is 32.2. The van der Waals surface area contributed by atoms with E-state index in [4.69, 9.17) is 0 Å². The Morgan fingerprint density at radius 1 is 1.14 bits per heavy atom. The van der Waals surface area contributed by atoms with Crippen LogP contribution in [0.25, 0.3) is 0 Å². The molecule has 0 aliphatic rings. The van der Waals surface area contributed by atoms with Gasteiger partial charge in [0.1, 0.15) is 0 Å². The lowest BCUT2D eigenvalue weighted by atomic mass is 10.1. The molecule has 2 aromatic heterocycles. The van der Waals surface area contributed by atoms with Crippen molar-refractivity contribution in [3.63, 3.8) is 0 Å². The highest BCUT2D eigenvalue weighted by Crippen LogP contribution is 2.15. The molecule has 0 aliphatic carbocycles. The summed E-state index contributed by atoms with van der Waals surface area (Å²) in [6.07, 6.45) is 9.10. The molecule has 0 N–H and O–H groups in total. The van der Waals surface area contributed by atoms with E-state index < -0.39 is 0 Å². The number of hydrogen-bond donors (Lipinski definition) is 0. The van der Waals surface area contributed by atoms with Crippen molar-refractivity contribution in [1.82, 2.24) is 14.9 Å². The summed E-state index contributed by atoms with van der Waals surface area (Å²) in [5.74, 6) is 1.02. The minimum atomic E-state index is 0.00788. The molecule has 2 aromatic rings. The number of carbonyl (C=O) groups is 1. The number of rotatable bonds is 7. The van der Waals surface area contributed by atoms with E-state index in [1.807, 2.05) is 48.5 Å². The zero-order valence-electron chi connectivity index (χ0n) is 13.0. The first-order valence-corrected chi connectivity index (χ1v) is 8.65. The van der Waals surface area contributed by atoms with Crippen LogP contribution in [0.3, 0.4) is 0 Å². The van der Waals surface area contributed by atoms with Gasteiger partial charge in [-0.1, -0.05) is 13.0 Å². The normalized spacial score (nSPS) is 11.9. The molecule has 0 spiro atoms. The highest BCUT2D eigenvalue weighted by molar-refractivity contribution is 7.98. The third kappa shape index (κ3) is 4.84. The second-order valence-corrected chi connectivity index (χ2v) is 6.18. The molecule has 0 fully saturated rings. The third-order valence-electron chi connectivity index (χ3n) is 3.37. The Labute approximate surface area is 136 Å². The fourth-order valence-electron chi connectivity index (χ4n) is 2.27. The van der Waals surface area contributed by atoms with E-state index in [-0.39, 0.29) is 11.8 Å². The number of hydrogen-bond acceptors (Lipinski definition) is 4. The molecular formula is C17H21N3OS. The molecule has 0 saturated heterocycles. The average molecular weight is 315 g/mol. The zero-order valence-corrected chi connectivity index (χ0v) is 13.8. The van der Waals surface area contributed by atoms with E-state index in [2.05, 4.69) is 9.97 Å². The van der Waals surface area contributed by atoms with E-state index in [9.17, 15) is 4.79 Å². The van der Waals surface area contributed by atoms with Crippen LogP contribution in [-0.4, -0.2) is 32.8 Å². The first kappa shape index (κ1) is 16.5. The lowest BCUT2D eigenvalue weighted by Gasteiger charge is -2.26. The monoisotopic (exact) mass is 315 g/mol. The topological polar surface area (TPSA) is 46.1 Å². The number of aromatic nitrogens is 2. The van der Waals surface area contributed by atoms with Crippen molar-refractivity contribution in [1.29, 1.82) is 0 Å². The minimum absolute atomic E-state index is 0.00788. The van der Waals surface area contributed by atoms with E-state index in [0.29, 0.717) is 13.1 Å². The molecule has 0 unspecified atom stereocenters. The maximum Gasteiger partial charge on any atom is 0.226 e. The van der Waals surface area contributed by atoms with Gasteiger partial charge in [0.25, 0.3) is 0 Å². The standard InChI is InChI=1S/C17H21N3OS/c1-14(13-22-2)17(21)20(11-15-5-8-18-9-6-15)12-16-4-3-7-19-10-16/h3-10,14H,11-13H2,1-2H3/t14-/m0/s1. The van der Waals surface area contributed by atoms with Crippen molar-refractivity contribution >= 4 is 17.7 Å². The minimum Gasteiger partial charge on any atom is -0.334 e. The van der Waals surface area contributed by atoms with Crippen LogP contribution in [0.1, 0.15) is 18.1 Å². The molecule has 5 heteroatoms. The van der Waals surface area contributed by atoms with Crippen molar-refractivity contribution in [2.45, 2.75) is 20.0 Å². The number of amides is 1. The molecule has 2 rings (SSSR count). The van der Waals surface area contributed by atoms with Crippen LogP contribution in [0.2, 0.25) is 0 Å². The van der Waals surface area contributed by atoms with Gasteiger partial charge in [-0.2, -0.15) is 11.8 Å². The average Bonchev–Trinajstić information content (AvgIpc) is 2.56. The lowest BCUT2D eigenvalue weighted by molar-refractivity contribution is -0.135. The summed E-state index contributed by atoms with van der Waals surface area (Å²) in [6.45, 7) is 3.16. The summed E-state index contributed by atoms with van der Waals surface area (Å²) in [4.78, 5) is 22.8. The molecule has 2 heterocycles. The van der Waals surface area contributed by atoms with E-state index in [0.717, 1.165) is 16.9 Å². The summed E-state index contributed by atoms with van der Waals surface area (Å²) in [5.41, 5.74) is 2.13. The van der Waals surface area contributed by atoms with E-state index in [1.165, 1.54) is 0 Å². The maximum absolute atomic E-state index is 12.7. The quantitative estimate of drug-likeness (QED) is 0.788. The van der Waals surface area contributed by atoms with Crippen LogP contribution >= 0.6 is 11.8 Å². The van der Waals surface area contributed by atoms with Gasteiger partial charge >= 0.3 is 0 Å². The Morgan fingerprint density at radius 2 is 1.86 bits per heavy atom. The predicted molar refractivity (Wildman–Crippen MR) is 90.3 cm³/mol. The van der Waals surface area contributed by atoms with Crippen LogP contribution < -0.4 is 0 Å². The summed E-state index contributed by atoms with van der Waals surface area (Å²) in [5, 5.41) is 0. The molecule has 0 aliphatic heterocycles. The maximum atomic E-state index is 12.7. The first-order chi connectivity index (χ1) is 10.7. The molecule has 22 heavy (non-hydrogen) atoms. The van der Waals surface area contributed by atoms with Gasteiger partial charge in [-0.3, -0.25) is 14.8 Å². The first-order valence-electron chi connectivity index (χ1n) is 7.26. The lowest BCUT2D eigenvalue weighted by Crippen LogP contribution is -2.35. The fraction of sp³-hybridized carbons (Fsp3) is 0.353. The van der Waals surface area contributed by atoms with Crippen LogP contribution in [0.5, 0.6) is 0 Å². The Hall–Kier alpha value is -1.88. The molecular weight excluding hydrogens is 294 g/mol. The van der Waals surface area contributed by atoms with Gasteiger partial charge in [-0.15, -0.1) is 0 Å². The van der Waals surface area contributed by atoms with E-state index in [1.54, 1.807) is 30.4 Å². The van der Waals surface area contributed by atoms with Gasteiger partial charge < -0.3 is 4.90 Å². The molecule has 0 aromatic carbocycles. The van der Waals surface area contributed by atoms with Crippen LogP contribution in [0, 0.1) is 5.92 Å². The number of pyridine rings is 2. The molecule has 0 saturated carbocycles. The Kier molecular flexibility index (Phi) is 6.40. The van der Waals surface area contributed by atoms with Gasteiger partial charge in [0.2, 0.25) is 5.91 Å². The number of nitrogens with zero attached hydrogens (tertiary/aromatic N) is 3. The Balaban J connectivity index is 2.14. The van der Waals surface area contributed by atoms with Crippen molar-refractivity contribution in [3.05, 3.63) is 60.2 Å². The van der Waals surface area contributed by atoms with Crippen molar-refractivity contribution in [2.75, 3.05) is 12.0 Å². The Morgan fingerprint density at radius 3 is 2.50 bits per heavy atom. The van der Waals surface area contributed by atoms with Crippen LogP contribution in [0.15, 0.2) is 49.1 Å². The van der Waals surface area contributed by atoms with Gasteiger partial charge in [-0.05, 0) is 35.6 Å². The fourth-order valence-corrected chi connectivity index (χ4v) is 2.91. The molecule has 0 radical (unpaired) electrons. The van der Waals surface area contributed by atoms with Crippen molar-refractivity contribution in [3.8, 4) is 0 Å². The molecule has 1 amide bonds. The Bertz CT molecular complexity index is 535. The summed E-state index contributed by atoms with van der Waals surface area (Å²) in [6, 6.07) is 7.79. The zero-order chi connectivity index (χ0) is 15.8. The second kappa shape index (κ2) is 8.54. The summed E-state index contributed by atoms with van der Waals surface area (Å²) >= 11 is 1.70. The van der Waals surface area contributed by atoms with Crippen LogP contribution in [-0.2, 0) is 17.9 Å². The predicted octanol–water partition coefficient (Wildman–Crippen LogP) is 3.00. The largest absolute Gasteiger partial charge is 0.334 e. The van der Waals surface area contributed by atoms with Crippen molar-refractivity contribution < 1.29 is 4.79 Å². The van der Waals surface area contributed by atoms with Crippen LogP contribution in [0.4, 0.5) is 0 Å². The van der Waals surface area contributed by atoms with Gasteiger partial charge in [-0.25, -0.2) is 0 Å². The number of carbonyl (C=O) groups excluding carboxylic acids is 1. The SMILES string of the molecule is CSC[C@H](C)C(=O)N(Cc1ccncc1)Cc1cccnc1. The van der Waals surface area contributed by atoms with Crippen molar-refractivity contribution in [2.24, 2.45) is 5.92 Å². The highest BCUT2D eigenvalue weighted by Gasteiger charge is 2.20. The molecule has 0 bridgehead atoms. The number of thioether (sulfide) groups is 1.